The van der Waals surface area contributed by atoms with Crippen LogP contribution in [0.4, 0.5) is 13.2 Å². The highest BCUT2D eigenvalue weighted by Gasteiger charge is 2.42. The number of fused-ring (bicyclic) bond motifs is 2. The third-order valence-corrected chi connectivity index (χ3v) is 5.44. The van der Waals surface area contributed by atoms with Crippen molar-refractivity contribution in [2.75, 3.05) is 34.0 Å². The van der Waals surface area contributed by atoms with Gasteiger partial charge in [0.15, 0.2) is 11.5 Å². The molecule has 1 amide bonds. The van der Waals surface area contributed by atoms with E-state index in [1.54, 1.807) is 19.0 Å². The SMILES string of the molecule is CN(C)C(=O)[C@H]1C[C@@H]2CCN(Cc3ccc4c(c3)OCO4)C[C@@H]2O1.O=C(O)C(F)(F)F. The van der Waals surface area contributed by atoms with Crippen molar-refractivity contribution in [3.63, 3.8) is 0 Å². The monoisotopic (exact) mass is 446 g/mol. The van der Waals surface area contributed by atoms with Crippen molar-refractivity contribution in [3.8, 4) is 11.5 Å². The third-order valence-electron chi connectivity index (χ3n) is 5.44. The molecule has 3 aliphatic heterocycles. The van der Waals surface area contributed by atoms with Crippen LogP contribution >= 0.6 is 0 Å². The van der Waals surface area contributed by atoms with E-state index >= 15 is 0 Å². The molecule has 0 unspecified atom stereocenters. The summed E-state index contributed by atoms with van der Waals surface area (Å²) >= 11 is 0. The van der Waals surface area contributed by atoms with Gasteiger partial charge < -0.3 is 24.2 Å². The number of carboxylic acid groups (broad SMARTS) is 1. The Morgan fingerprint density at radius 1 is 1.23 bits per heavy atom. The molecule has 3 heterocycles. The van der Waals surface area contributed by atoms with E-state index in [1.807, 2.05) is 6.07 Å². The Kier molecular flexibility index (Phi) is 6.95. The van der Waals surface area contributed by atoms with Crippen LogP contribution in [-0.2, 0) is 20.9 Å². The number of likely N-dealkylation sites (tertiary alicyclic amines) is 1. The van der Waals surface area contributed by atoms with Crippen molar-refractivity contribution >= 4 is 11.9 Å². The number of hydrogen-bond donors (Lipinski definition) is 1. The number of halogens is 3. The lowest BCUT2D eigenvalue weighted by atomic mass is 9.91. The summed E-state index contributed by atoms with van der Waals surface area (Å²) in [5, 5.41) is 7.12. The number of carboxylic acids is 1. The summed E-state index contributed by atoms with van der Waals surface area (Å²) in [6.45, 7) is 3.11. The fourth-order valence-corrected chi connectivity index (χ4v) is 3.88. The van der Waals surface area contributed by atoms with Crippen molar-refractivity contribution in [3.05, 3.63) is 23.8 Å². The van der Waals surface area contributed by atoms with E-state index in [4.69, 9.17) is 24.1 Å². The fraction of sp³-hybridized carbons (Fsp3) is 0.600. The standard InChI is InChI=1S/C18H24N2O4.C2HF3O2/c1-19(2)18(21)16-8-13-5-6-20(10-17(13)24-16)9-12-3-4-14-15(7-12)23-11-22-14;3-2(4,5)1(6)7/h3-4,7,13,16-17H,5-6,8-11H2,1-2H3;(H,6,7)/t13-,16+,17-;/m0./s1. The van der Waals surface area contributed by atoms with Crippen LogP contribution in [0.25, 0.3) is 0 Å². The lowest BCUT2D eigenvalue weighted by Crippen LogP contribution is -2.42. The van der Waals surface area contributed by atoms with Gasteiger partial charge in [-0.3, -0.25) is 9.69 Å². The van der Waals surface area contributed by atoms with E-state index in [1.165, 1.54) is 5.56 Å². The minimum absolute atomic E-state index is 0.0896. The number of amides is 1. The van der Waals surface area contributed by atoms with E-state index in [0.29, 0.717) is 12.7 Å². The number of piperidine rings is 1. The molecular formula is C20H25F3N2O6. The topological polar surface area (TPSA) is 88.5 Å². The van der Waals surface area contributed by atoms with Crippen molar-refractivity contribution in [1.29, 1.82) is 0 Å². The molecule has 3 atom stereocenters. The van der Waals surface area contributed by atoms with Crippen LogP contribution in [-0.4, -0.2) is 79.1 Å². The summed E-state index contributed by atoms with van der Waals surface area (Å²) in [7, 11) is 3.58. The van der Waals surface area contributed by atoms with Gasteiger partial charge in [-0.2, -0.15) is 13.2 Å². The average Bonchev–Trinajstić information content (AvgIpc) is 3.32. The Bertz CT molecular complexity index is 817. The first-order chi connectivity index (χ1) is 14.5. The van der Waals surface area contributed by atoms with Gasteiger partial charge in [0.2, 0.25) is 6.79 Å². The maximum atomic E-state index is 12.1. The Morgan fingerprint density at radius 2 is 1.90 bits per heavy atom. The van der Waals surface area contributed by atoms with E-state index in [0.717, 1.165) is 44.0 Å². The molecule has 1 aromatic rings. The third kappa shape index (κ3) is 5.79. The maximum Gasteiger partial charge on any atom is 0.490 e. The summed E-state index contributed by atoms with van der Waals surface area (Å²) in [6.07, 6.45) is -3.23. The molecule has 2 saturated heterocycles. The molecule has 31 heavy (non-hydrogen) atoms. The van der Waals surface area contributed by atoms with Gasteiger partial charge in [0.1, 0.15) is 6.10 Å². The molecule has 172 valence electrons. The van der Waals surface area contributed by atoms with Gasteiger partial charge in [0, 0.05) is 27.2 Å². The minimum atomic E-state index is -5.08. The van der Waals surface area contributed by atoms with Crippen LogP contribution in [0.3, 0.4) is 0 Å². The van der Waals surface area contributed by atoms with Gasteiger partial charge in [-0.1, -0.05) is 6.07 Å². The number of nitrogens with zero attached hydrogens (tertiary/aromatic N) is 2. The number of rotatable bonds is 3. The van der Waals surface area contributed by atoms with E-state index in [-0.39, 0.29) is 18.1 Å². The van der Waals surface area contributed by atoms with E-state index in [9.17, 15) is 18.0 Å². The maximum absolute atomic E-state index is 12.1. The van der Waals surface area contributed by atoms with E-state index < -0.39 is 12.1 Å². The summed E-state index contributed by atoms with van der Waals surface area (Å²) in [4.78, 5) is 25.1. The summed E-state index contributed by atoms with van der Waals surface area (Å²) < 4.78 is 48.6. The number of carbonyl (C=O) groups excluding carboxylic acids is 1. The molecule has 0 aromatic heterocycles. The van der Waals surface area contributed by atoms with Crippen molar-refractivity contribution in [2.45, 2.75) is 37.8 Å². The van der Waals surface area contributed by atoms with Gasteiger partial charge in [0.25, 0.3) is 5.91 Å². The van der Waals surface area contributed by atoms with Gasteiger partial charge >= 0.3 is 12.1 Å². The highest BCUT2D eigenvalue weighted by Crippen LogP contribution is 2.36. The number of likely N-dealkylation sites (N-methyl/N-ethyl adjacent to an activating group) is 1. The van der Waals surface area contributed by atoms with Crippen molar-refractivity contribution < 1.29 is 42.1 Å². The van der Waals surface area contributed by atoms with Crippen molar-refractivity contribution in [2.24, 2.45) is 5.92 Å². The zero-order valence-corrected chi connectivity index (χ0v) is 17.2. The molecule has 11 heteroatoms. The molecule has 8 nitrogen and oxygen atoms in total. The molecule has 0 radical (unpaired) electrons. The van der Waals surface area contributed by atoms with Crippen LogP contribution in [0.1, 0.15) is 18.4 Å². The molecule has 0 spiro atoms. The number of carbonyl (C=O) groups is 2. The quantitative estimate of drug-likeness (QED) is 0.761. The first-order valence-corrected chi connectivity index (χ1v) is 9.82. The van der Waals surface area contributed by atoms with Crippen LogP contribution in [0.2, 0.25) is 0 Å². The summed E-state index contributed by atoms with van der Waals surface area (Å²) in [6, 6.07) is 6.12. The second kappa shape index (κ2) is 9.31. The average molecular weight is 446 g/mol. The number of alkyl halides is 3. The van der Waals surface area contributed by atoms with Gasteiger partial charge in [0.05, 0.1) is 6.10 Å². The zero-order valence-electron chi connectivity index (χ0n) is 17.2. The van der Waals surface area contributed by atoms with Crippen molar-refractivity contribution in [1.82, 2.24) is 9.80 Å². The first-order valence-electron chi connectivity index (χ1n) is 9.82. The predicted molar refractivity (Wildman–Crippen MR) is 102 cm³/mol. The normalized spacial score (nSPS) is 24.7. The molecule has 1 aromatic carbocycles. The molecule has 2 fully saturated rings. The highest BCUT2D eigenvalue weighted by atomic mass is 19.4. The first kappa shape index (κ1) is 23.1. The van der Waals surface area contributed by atoms with Crippen LogP contribution in [0.5, 0.6) is 11.5 Å². The fourth-order valence-electron chi connectivity index (χ4n) is 3.88. The van der Waals surface area contributed by atoms with Gasteiger partial charge in [-0.25, -0.2) is 4.79 Å². The molecule has 1 N–H and O–H groups in total. The van der Waals surface area contributed by atoms with Gasteiger partial charge in [-0.05, 0) is 43.0 Å². The zero-order chi connectivity index (χ0) is 22.8. The Balaban J connectivity index is 0.000000339. The minimum Gasteiger partial charge on any atom is -0.475 e. The second-order valence-electron chi connectivity index (χ2n) is 7.91. The summed E-state index contributed by atoms with van der Waals surface area (Å²) in [5.74, 6) is -0.510. The number of benzene rings is 1. The molecule has 4 rings (SSSR count). The molecular weight excluding hydrogens is 421 g/mol. The molecule has 0 aliphatic carbocycles. The number of aliphatic carboxylic acids is 1. The van der Waals surface area contributed by atoms with E-state index in [2.05, 4.69) is 17.0 Å². The number of hydrogen-bond acceptors (Lipinski definition) is 6. The van der Waals surface area contributed by atoms with Crippen LogP contribution in [0, 0.1) is 5.92 Å². The highest BCUT2D eigenvalue weighted by molar-refractivity contribution is 5.80. The molecule has 3 aliphatic rings. The van der Waals surface area contributed by atoms with Crippen LogP contribution < -0.4 is 9.47 Å². The Morgan fingerprint density at radius 3 is 2.55 bits per heavy atom. The molecule has 0 bridgehead atoms. The number of ether oxygens (including phenoxy) is 3. The lowest BCUT2D eigenvalue weighted by molar-refractivity contribution is -0.192. The second-order valence-corrected chi connectivity index (χ2v) is 7.91. The Labute approximate surface area is 177 Å². The van der Waals surface area contributed by atoms with Crippen LogP contribution in [0.15, 0.2) is 18.2 Å². The lowest BCUT2D eigenvalue weighted by Gasteiger charge is -2.34. The predicted octanol–water partition coefficient (Wildman–Crippen LogP) is 2.12. The largest absolute Gasteiger partial charge is 0.490 e. The smallest absolute Gasteiger partial charge is 0.475 e. The Hall–Kier alpha value is -2.53. The molecule has 0 saturated carbocycles. The summed E-state index contributed by atoms with van der Waals surface area (Å²) in [5.41, 5.74) is 1.22. The van der Waals surface area contributed by atoms with Gasteiger partial charge in [-0.15, -0.1) is 0 Å².